The van der Waals surface area contributed by atoms with E-state index in [0.717, 1.165) is 36.3 Å². The number of carboxylic acid groups (broad SMARTS) is 1. The molecule has 2 unspecified atom stereocenters. The highest BCUT2D eigenvalue weighted by molar-refractivity contribution is 5.92. The van der Waals surface area contributed by atoms with Crippen LogP contribution in [0.5, 0.6) is 0 Å². The van der Waals surface area contributed by atoms with Gasteiger partial charge in [0.2, 0.25) is 0 Å². The van der Waals surface area contributed by atoms with Crippen molar-refractivity contribution >= 4 is 17.0 Å². The molecule has 1 aliphatic heterocycles. The Hall–Kier alpha value is -1.88. The summed E-state index contributed by atoms with van der Waals surface area (Å²) in [6.45, 7) is 4.87. The molecule has 1 saturated heterocycles. The third kappa shape index (κ3) is 2.08. The van der Waals surface area contributed by atoms with E-state index >= 15 is 0 Å². The smallest absolute Gasteiger partial charge is 0.335 e. The van der Waals surface area contributed by atoms with Crippen LogP contribution in [-0.4, -0.2) is 33.3 Å². The SMILES string of the molecule is Cc1nc2ccc(C(=O)O)cc2n1C(C)C1CCCO1. The quantitative estimate of drug-likeness (QED) is 0.934. The lowest BCUT2D eigenvalue weighted by atomic mass is 10.1. The van der Waals surface area contributed by atoms with Gasteiger partial charge in [0.15, 0.2) is 0 Å². The summed E-state index contributed by atoms with van der Waals surface area (Å²) < 4.78 is 7.85. The Morgan fingerprint density at radius 3 is 3.00 bits per heavy atom. The van der Waals surface area contributed by atoms with E-state index in [1.54, 1.807) is 18.2 Å². The second-order valence-electron chi connectivity index (χ2n) is 5.33. The van der Waals surface area contributed by atoms with Gasteiger partial charge in [-0.3, -0.25) is 0 Å². The molecule has 5 nitrogen and oxygen atoms in total. The Morgan fingerprint density at radius 2 is 2.35 bits per heavy atom. The number of benzene rings is 1. The Kier molecular flexibility index (Phi) is 3.22. The standard InChI is InChI=1S/C15H18N2O3/c1-9(14-4-3-7-20-14)17-10(2)16-12-6-5-11(15(18)19)8-13(12)17/h5-6,8-9,14H,3-4,7H2,1-2H3,(H,18,19). The molecular formula is C15H18N2O3. The summed E-state index contributed by atoms with van der Waals surface area (Å²) in [5.74, 6) is -0.0207. The molecule has 2 aromatic rings. The van der Waals surface area contributed by atoms with Gasteiger partial charge in [0, 0.05) is 6.61 Å². The maximum Gasteiger partial charge on any atom is 0.335 e. The fourth-order valence-electron chi connectivity index (χ4n) is 3.01. The lowest BCUT2D eigenvalue weighted by Gasteiger charge is -2.22. The first kappa shape index (κ1) is 13.1. The number of hydrogen-bond donors (Lipinski definition) is 1. The molecule has 2 heterocycles. The van der Waals surface area contributed by atoms with Crippen molar-refractivity contribution in [2.75, 3.05) is 6.61 Å². The Morgan fingerprint density at radius 1 is 1.55 bits per heavy atom. The summed E-state index contributed by atoms with van der Waals surface area (Å²) in [6.07, 6.45) is 2.31. The number of carboxylic acids is 1. The van der Waals surface area contributed by atoms with Crippen molar-refractivity contribution in [2.24, 2.45) is 0 Å². The molecule has 0 aliphatic carbocycles. The maximum absolute atomic E-state index is 11.1. The van der Waals surface area contributed by atoms with Crippen LogP contribution in [0.15, 0.2) is 18.2 Å². The summed E-state index contributed by atoms with van der Waals surface area (Å²) in [5.41, 5.74) is 1.99. The van der Waals surface area contributed by atoms with Crippen LogP contribution >= 0.6 is 0 Å². The van der Waals surface area contributed by atoms with Crippen LogP contribution in [0.25, 0.3) is 11.0 Å². The Labute approximate surface area is 117 Å². The highest BCUT2D eigenvalue weighted by Crippen LogP contribution is 2.29. The van der Waals surface area contributed by atoms with Gasteiger partial charge >= 0.3 is 5.97 Å². The van der Waals surface area contributed by atoms with Crippen LogP contribution in [0.1, 0.15) is 42.0 Å². The minimum atomic E-state index is -0.915. The Balaban J connectivity index is 2.10. The van der Waals surface area contributed by atoms with Crippen LogP contribution in [-0.2, 0) is 4.74 Å². The molecule has 5 heteroatoms. The summed E-state index contributed by atoms with van der Waals surface area (Å²) in [6, 6.07) is 5.22. The molecule has 1 aromatic heterocycles. The van der Waals surface area contributed by atoms with Gasteiger partial charge in [-0.15, -0.1) is 0 Å². The van der Waals surface area contributed by atoms with Crippen molar-refractivity contribution < 1.29 is 14.6 Å². The molecule has 0 radical (unpaired) electrons. The number of fused-ring (bicyclic) bond motifs is 1. The normalized spacial score (nSPS) is 20.4. The third-order valence-electron chi connectivity index (χ3n) is 4.02. The lowest BCUT2D eigenvalue weighted by molar-refractivity contribution is 0.0697. The van der Waals surface area contributed by atoms with E-state index in [4.69, 9.17) is 9.84 Å². The number of aromatic nitrogens is 2. The summed E-state index contributed by atoms with van der Waals surface area (Å²) in [7, 11) is 0. The molecule has 106 valence electrons. The van der Waals surface area contributed by atoms with Gasteiger partial charge < -0.3 is 14.4 Å². The monoisotopic (exact) mass is 274 g/mol. The van der Waals surface area contributed by atoms with E-state index in [1.807, 2.05) is 6.92 Å². The van der Waals surface area contributed by atoms with Crippen molar-refractivity contribution in [3.8, 4) is 0 Å². The lowest BCUT2D eigenvalue weighted by Crippen LogP contribution is -2.21. The van der Waals surface area contributed by atoms with E-state index in [1.165, 1.54) is 0 Å². The van der Waals surface area contributed by atoms with Crippen molar-refractivity contribution in [3.63, 3.8) is 0 Å². The average molecular weight is 274 g/mol. The second kappa shape index (κ2) is 4.90. The molecule has 2 atom stereocenters. The maximum atomic E-state index is 11.1. The molecule has 0 amide bonds. The average Bonchev–Trinajstić information content (AvgIpc) is 3.03. The van der Waals surface area contributed by atoms with Crippen molar-refractivity contribution in [1.29, 1.82) is 0 Å². The predicted octanol–water partition coefficient (Wildman–Crippen LogP) is 2.78. The number of ether oxygens (including phenoxy) is 1. The van der Waals surface area contributed by atoms with Crippen molar-refractivity contribution in [3.05, 3.63) is 29.6 Å². The van der Waals surface area contributed by atoms with Gasteiger partial charge in [-0.2, -0.15) is 0 Å². The number of hydrogen-bond acceptors (Lipinski definition) is 3. The molecular weight excluding hydrogens is 256 g/mol. The van der Waals surface area contributed by atoms with Gasteiger partial charge in [-0.25, -0.2) is 9.78 Å². The van der Waals surface area contributed by atoms with Gasteiger partial charge in [-0.05, 0) is 44.9 Å². The molecule has 3 rings (SSSR count). The van der Waals surface area contributed by atoms with E-state index < -0.39 is 5.97 Å². The highest BCUT2D eigenvalue weighted by atomic mass is 16.5. The number of imidazole rings is 1. The zero-order valence-corrected chi connectivity index (χ0v) is 11.7. The number of aromatic carboxylic acids is 1. The number of aryl methyl sites for hydroxylation is 1. The first-order valence-electron chi connectivity index (χ1n) is 6.91. The van der Waals surface area contributed by atoms with Gasteiger partial charge in [0.1, 0.15) is 5.82 Å². The van der Waals surface area contributed by atoms with E-state index in [-0.39, 0.29) is 17.7 Å². The fraction of sp³-hybridized carbons (Fsp3) is 0.467. The highest BCUT2D eigenvalue weighted by Gasteiger charge is 2.26. The minimum absolute atomic E-state index is 0.159. The van der Waals surface area contributed by atoms with Crippen LogP contribution < -0.4 is 0 Å². The molecule has 1 N–H and O–H groups in total. The molecule has 1 aromatic carbocycles. The van der Waals surface area contributed by atoms with Gasteiger partial charge in [-0.1, -0.05) is 0 Å². The zero-order chi connectivity index (χ0) is 14.3. The first-order chi connectivity index (χ1) is 9.58. The zero-order valence-electron chi connectivity index (χ0n) is 11.7. The minimum Gasteiger partial charge on any atom is -0.478 e. The fourth-order valence-corrected chi connectivity index (χ4v) is 3.01. The largest absolute Gasteiger partial charge is 0.478 e. The number of carbonyl (C=O) groups is 1. The molecule has 0 spiro atoms. The van der Waals surface area contributed by atoms with Crippen LogP contribution in [0.4, 0.5) is 0 Å². The van der Waals surface area contributed by atoms with E-state index in [2.05, 4.69) is 16.5 Å². The predicted molar refractivity (Wildman–Crippen MR) is 75.1 cm³/mol. The van der Waals surface area contributed by atoms with Crippen molar-refractivity contribution in [1.82, 2.24) is 9.55 Å². The van der Waals surface area contributed by atoms with E-state index in [9.17, 15) is 4.79 Å². The number of nitrogens with zero attached hydrogens (tertiary/aromatic N) is 2. The molecule has 1 aliphatic rings. The topological polar surface area (TPSA) is 64.3 Å². The van der Waals surface area contributed by atoms with Crippen LogP contribution in [0.2, 0.25) is 0 Å². The summed E-state index contributed by atoms with van der Waals surface area (Å²) >= 11 is 0. The summed E-state index contributed by atoms with van der Waals surface area (Å²) in [5, 5.41) is 9.14. The van der Waals surface area contributed by atoms with Gasteiger partial charge in [0.05, 0.1) is 28.7 Å². The van der Waals surface area contributed by atoms with Crippen LogP contribution in [0.3, 0.4) is 0 Å². The van der Waals surface area contributed by atoms with E-state index in [0.29, 0.717) is 0 Å². The summed E-state index contributed by atoms with van der Waals surface area (Å²) in [4.78, 5) is 15.7. The molecule has 20 heavy (non-hydrogen) atoms. The first-order valence-corrected chi connectivity index (χ1v) is 6.91. The molecule has 1 fully saturated rings. The molecule has 0 saturated carbocycles. The van der Waals surface area contributed by atoms with Crippen LogP contribution in [0, 0.1) is 6.92 Å². The Bertz CT molecular complexity index is 656. The number of rotatable bonds is 3. The van der Waals surface area contributed by atoms with Gasteiger partial charge in [0.25, 0.3) is 0 Å². The second-order valence-corrected chi connectivity index (χ2v) is 5.33. The van der Waals surface area contributed by atoms with Crippen molar-refractivity contribution in [2.45, 2.75) is 38.8 Å². The molecule has 0 bridgehead atoms. The third-order valence-corrected chi connectivity index (χ3v) is 4.02.